The number of aliphatic hydroxyl groups excluding tert-OH is 1. The Morgan fingerprint density at radius 2 is 2.09 bits per heavy atom. The van der Waals surface area contributed by atoms with Crippen molar-refractivity contribution in [2.24, 2.45) is 0 Å². The molecule has 1 aromatic rings. The summed E-state index contributed by atoms with van der Waals surface area (Å²) in [4.78, 5) is 14.3. The largest absolute Gasteiger partial charge is 0.393 e. The average Bonchev–Trinajstić information content (AvgIpc) is 2.53. The molecule has 1 aliphatic heterocycles. The molecule has 1 aromatic carbocycles. The Kier molecular flexibility index (Phi) is 7.09. The Labute approximate surface area is 143 Å². The first-order valence-electron chi connectivity index (χ1n) is 8.17. The minimum absolute atomic E-state index is 0.0866. The SMILES string of the molecule is C/C(=C/C(=O)NCCCN1CCC(O)CC1)c1ccccc1Cl. The van der Waals surface area contributed by atoms with Gasteiger partial charge in [-0.3, -0.25) is 4.79 Å². The number of benzene rings is 1. The molecule has 1 heterocycles. The number of carbonyl (C=O) groups excluding carboxylic acids is 1. The first kappa shape index (κ1) is 18.0. The van der Waals surface area contributed by atoms with Crippen LogP contribution in [0.2, 0.25) is 5.02 Å². The van der Waals surface area contributed by atoms with Gasteiger partial charge in [0.15, 0.2) is 0 Å². The van der Waals surface area contributed by atoms with E-state index in [9.17, 15) is 9.90 Å². The quantitative estimate of drug-likeness (QED) is 0.620. The van der Waals surface area contributed by atoms with E-state index in [0.29, 0.717) is 11.6 Å². The summed E-state index contributed by atoms with van der Waals surface area (Å²) in [6.45, 7) is 5.39. The highest BCUT2D eigenvalue weighted by atomic mass is 35.5. The molecule has 1 aliphatic rings. The zero-order valence-electron chi connectivity index (χ0n) is 13.6. The monoisotopic (exact) mass is 336 g/mol. The molecule has 0 radical (unpaired) electrons. The molecule has 0 unspecified atom stereocenters. The van der Waals surface area contributed by atoms with Crippen LogP contribution in [0.4, 0.5) is 0 Å². The van der Waals surface area contributed by atoms with Gasteiger partial charge in [-0.25, -0.2) is 0 Å². The van der Waals surface area contributed by atoms with E-state index in [1.807, 2.05) is 31.2 Å². The molecule has 23 heavy (non-hydrogen) atoms. The fourth-order valence-corrected chi connectivity index (χ4v) is 3.05. The molecule has 2 rings (SSSR count). The number of rotatable bonds is 6. The Balaban J connectivity index is 1.70. The minimum atomic E-state index is -0.135. The lowest BCUT2D eigenvalue weighted by Gasteiger charge is -2.29. The van der Waals surface area contributed by atoms with E-state index >= 15 is 0 Å². The first-order chi connectivity index (χ1) is 11.1. The van der Waals surface area contributed by atoms with Crippen LogP contribution in [0.15, 0.2) is 30.3 Å². The molecule has 0 atom stereocenters. The van der Waals surface area contributed by atoms with Crippen molar-refractivity contribution in [1.82, 2.24) is 10.2 Å². The van der Waals surface area contributed by atoms with Gasteiger partial charge in [0.05, 0.1) is 6.10 Å². The van der Waals surface area contributed by atoms with E-state index < -0.39 is 0 Å². The molecule has 0 aliphatic carbocycles. The summed E-state index contributed by atoms with van der Waals surface area (Å²) in [7, 11) is 0. The number of amides is 1. The van der Waals surface area contributed by atoms with Crippen molar-refractivity contribution in [1.29, 1.82) is 0 Å². The van der Waals surface area contributed by atoms with Crippen LogP contribution in [0.25, 0.3) is 5.57 Å². The average molecular weight is 337 g/mol. The van der Waals surface area contributed by atoms with Crippen molar-refractivity contribution in [2.75, 3.05) is 26.2 Å². The third-order valence-corrected chi connectivity index (χ3v) is 4.48. The van der Waals surface area contributed by atoms with E-state index in [2.05, 4.69) is 10.2 Å². The number of nitrogens with zero attached hydrogens (tertiary/aromatic N) is 1. The standard InChI is InChI=1S/C18H25ClN2O2/c1-14(16-5-2-3-6-17(16)19)13-18(23)20-9-4-10-21-11-7-15(22)8-12-21/h2-3,5-6,13,15,22H,4,7-12H2,1H3,(H,20,23)/b14-13-. The van der Waals surface area contributed by atoms with Crippen LogP contribution < -0.4 is 5.32 Å². The van der Waals surface area contributed by atoms with Crippen molar-refractivity contribution in [3.8, 4) is 0 Å². The second kappa shape index (κ2) is 9.06. The van der Waals surface area contributed by atoms with Crippen LogP contribution in [0.1, 0.15) is 31.7 Å². The number of aliphatic hydroxyl groups is 1. The second-order valence-corrected chi connectivity index (χ2v) is 6.43. The highest BCUT2D eigenvalue weighted by Gasteiger charge is 2.16. The lowest BCUT2D eigenvalue weighted by Crippen LogP contribution is -2.37. The van der Waals surface area contributed by atoms with Gasteiger partial charge >= 0.3 is 0 Å². The Hall–Kier alpha value is -1.36. The third-order valence-electron chi connectivity index (χ3n) is 4.15. The third kappa shape index (κ3) is 5.98. The second-order valence-electron chi connectivity index (χ2n) is 6.02. The minimum Gasteiger partial charge on any atom is -0.393 e. The van der Waals surface area contributed by atoms with Crippen LogP contribution in [0, 0.1) is 0 Å². The smallest absolute Gasteiger partial charge is 0.244 e. The van der Waals surface area contributed by atoms with Gasteiger partial charge < -0.3 is 15.3 Å². The van der Waals surface area contributed by atoms with Crippen LogP contribution in [-0.4, -0.2) is 48.2 Å². The van der Waals surface area contributed by atoms with E-state index in [1.54, 1.807) is 6.08 Å². The predicted molar refractivity (Wildman–Crippen MR) is 94.4 cm³/mol. The summed E-state index contributed by atoms with van der Waals surface area (Å²) in [6, 6.07) is 7.51. The van der Waals surface area contributed by atoms with Crippen molar-refractivity contribution in [3.63, 3.8) is 0 Å². The van der Waals surface area contributed by atoms with Crippen LogP contribution >= 0.6 is 11.6 Å². The van der Waals surface area contributed by atoms with E-state index in [4.69, 9.17) is 11.6 Å². The normalized spacial score (nSPS) is 17.3. The number of nitrogens with one attached hydrogen (secondary N) is 1. The van der Waals surface area contributed by atoms with Gasteiger partial charge in [-0.05, 0) is 49.9 Å². The number of hydrogen-bond acceptors (Lipinski definition) is 3. The number of allylic oxidation sites excluding steroid dienone is 1. The fourth-order valence-electron chi connectivity index (χ4n) is 2.76. The van der Waals surface area contributed by atoms with Gasteiger partial charge in [0.1, 0.15) is 0 Å². The van der Waals surface area contributed by atoms with Gasteiger partial charge in [-0.1, -0.05) is 29.8 Å². The maximum Gasteiger partial charge on any atom is 0.244 e. The van der Waals surface area contributed by atoms with E-state index in [1.165, 1.54) is 0 Å². The molecule has 0 spiro atoms. The van der Waals surface area contributed by atoms with Crippen LogP contribution in [0.3, 0.4) is 0 Å². The Bertz CT molecular complexity index is 552. The zero-order valence-corrected chi connectivity index (χ0v) is 14.4. The van der Waals surface area contributed by atoms with Crippen LogP contribution in [-0.2, 0) is 4.79 Å². The summed E-state index contributed by atoms with van der Waals surface area (Å²) in [5.41, 5.74) is 1.74. The predicted octanol–water partition coefficient (Wildman–Crippen LogP) is 2.71. The summed E-state index contributed by atoms with van der Waals surface area (Å²) >= 11 is 6.13. The Morgan fingerprint density at radius 3 is 2.78 bits per heavy atom. The van der Waals surface area contributed by atoms with Gasteiger partial charge in [-0.15, -0.1) is 0 Å². The number of carbonyl (C=O) groups is 1. The van der Waals surface area contributed by atoms with Gasteiger partial charge in [-0.2, -0.15) is 0 Å². The number of halogens is 1. The van der Waals surface area contributed by atoms with Crippen molar-refractivity contribution < 1.29 is 9.90 Å². The number of likely N-dealkylation sites (tertiary alicyclic amines) is 1. The number of hydrogen-bond donors (Lipinski definition) is 2. The summed E-state index contributed by atoms with van der Waals surface area (Å²) < 4.78 is 0. The highest BCUT2D eigenvalue weighted by Crippen LogP contribution is 2.22. The maximum atomic E-state index is 12.0. The maximum absolute atomic E-state index is 12.0. The Morgan fingerprint density at radius 1 is 1.39 bits per heavy atom. The van der Waals surface area contributed by atoms with Gasteiger partial charge in [0.25, 0.3) is 0 Å². The van der Waals surface area contributed by atoms with Gasteiger partial charge in [0, 0.05) is 30.7 Å². The molecule has 0 saturated carbocycles. The summed E-state index contributed by atoms with van der Waals surface area (Å²) in [5, 5.41) is 13.0. The molecule has 2 N–H and O–H groups in total. The lowest BCUT2D eigenvalue weighted by atomic mass is 10.1. The molecule has 1 amide bonds. The molecule has 5 heteroatoms. The topological polar surface area (TPSA) is 52.6 Å². The molecule has 1 fully saturated rings. The summed E-state index contributed by atoms with van der Waals surface area (Å²) in [5.74, 6) is -0.0866. The highest BCUT2D eigenvalue weighted by molar-refractivity contribution is 6.32. The molecule has 1 saturated heterocycles. The first-order valence-corrected chi connectivity index (χ1v) is 8.55. The van der Waals surface area contributed by atoms with E-state index in [0.717, 1.165) is 50.0 Å². The van der Waals surface area contributed by atoms with E-state index in [-0.39, 0.29) is 12.0 Å². The molecule has 4 nitrogen and oxygen atoms in total. The summed E-state index contributed by atoms with van der Waals surface area (Å²) in [6.07, 6.45) is 4.08. The molecule has 0 bridgehead atoms. The van der Waals surface area contributed by atoms with Crippen molar-refractivity contribution in [3.05, 3.63) is 40.9 Å². The van der Waals surface area contributed by atoms with Crippen LogP contribution in [0.5, 0.6) is 0 Å². The molecular formula is C18H25ClN2O2. The lowest BCUT2D eigenvalue weighted by molar-refractivity contribution is -0.116. The molecule has 0 aromatic heterocycles. The van der Waals surface area contributed by atoms with Crippen molar-refractivity contribution in [2.45, 2.75) is 32.3 Å². The number of piperidine rings is 1. The zero-order chi connectivity index (χ0) is 16.7. The fraction of sp³-hybridized carbons (Fsp3) is 0.500. The molecular weight excluding hydrogens is 312 g/mol. The van der Waals surface area contributed by atoms with Crippen molar-refractivity contribution >= 4 is 23.1 Å². The molecule has 126 valence electrons. The van der Waals surface area contributed by atoms with Gasteiger partial charge in [0.2, 0.25) is 5.91 Å².